The van der Waals surface area contributed by atoms with Crippen molar-refractivity contribution in [2.75, 3.05) is 19.9 Å². The van der Waals surface area contributed by atoms with Gasteiger partial charge in [-0.2, -0.15) is 11.8 Å². The third-order valence-corrected chi connectivity index (χ3v) is 6.04. The zero-order chi connectivity index (χ0) is 13.0. The molecule has 2 aliphatic carbocycles. The molecule has 2 aliphatic rings. The number of methoxy groups -OCH3 is 1. The first-order valence-electron chi connectivity index (χ1n) is 7.03. The summed E-state index contributed by atoms with van der Waals surface area (Å²) in [7, 11) is 3.56. The van der Waals surface area contributed by atoms with Crippen LogP contribution in [0.1, 0.15) is 44.9 Å². The largest absolute Gasteiger partial charge is 0.469 e. The normalized spacial score (nSPS) is 29.9. The molecule has 2 atom stereocenters. The maximum absolute atomic E-state index is 11.4. The minimum Gasteiger partial charge on any atom is -0.469 e. The van der Waals surface area contributed by atoms with E-state index < -0.39 is 0 Å². The van der Waals surface area contributed by atoms with Gasteiger partial charge in [0.15, 0.2) is 0 Å². The summed E-state index contributed by atoms with van der Waals surface area (Å²) in [6, 6.07) is 0.701. The number of rotatable bonds is 6. The summed E-state index contributed by atoms with van der Waals surface area (Å²) >= 11 is 2.09. The highest BCUT2D eigenvalue weighted by atomic mass is 32.2. The summed E-state index contributed by atoms with van der Waals surface area (Å²) in [6.07, 6.45) is 8.33. The highest BCUT2D eigenvalue weighted by Gasteiger charge is 2.45. The zero-order valence-electron chi connectivity index (χ0n) is 11.5. The molecule has 0 aromatic rings. The monoisotopic (exact) mass is 271 g/mol. The van der Waals surface area contributed by atoms with Gasteiger partial charge < -0.3 is 10.1 Å². The van der Waals surface area contributed by atoms with Gasteiger partial charge in [-0.1, -0.05) is 6.42 Å². The van der Waals surface area contributed by atoms with Crippen LogP contribution in [0, 0.1) is 5.41 Å². The standard InChI is InChI=1S/C14H25NO2S/c1-15-11-4-3-5-12(8-11)18-10-14(6-7-14)9-13(16)17-2/h11-12,15H,3-10H2,1-2H3. The number of carbonyl (C=O) groups excluding carboxylic acids is 1. The number of carbonyl (C=O) groups is 1. The van der Waals surface area contributed by atoms with E-state index in [0.29, 0.717) is 12.5 Å². The lowest BCUT2D eigenvalue weighted by Gasteiger charge is -2.29. The second kappa shape index (κ2) is 6.29. The SMILES string of the molecule is CNC1CCCC(SCC2(CC(=O)OC)CC2)C1. The molecule has 2 fully saturated rings. The van der Waals surface area contributed by atoms with E-state index in [1.165, 1.54) is 45.6 Å². The number of thioether (sulfide) groups is 1. The fourth-order valence-corrected chi connectivity index (χ4v) is 4.46. The summed E-state index contributed by atoms with van der Waals surface area (Å²) in [5.41, 5.74) is 0.282. The molecule has 0 aromatic heterocycles. The molecule has 0 spiro atoms. The molecule has 0 aromatic carbocycles. The number of esters is 1. The minimum atomic E-state index is -0.0372. The quantitative estimate of drug-likeness (QED) is 0.754. The third-order valence-electron chi connectivity index (χ3n) is 4.36. The van der Waals surface area contributed by atoms with Crippen molar-refractivity contribution in [2.24, 2.45) is 5.41 Å². The summed E-state index contributed by atoms with van der Waals surface area (Å²) in [5.74, 6) is 1.10. The molecule has 4 heteroatoms. The number of nitrogens with one attached hydrogen (secondary N) is 1. The van der Waals surface area contributed by atoms with Crippen molar-refractivity contribution < 1.29 is 9.53 Å². The Morgan fingerprint density at radius 3 is 2.83 bits per heavy atom. The minimum absolute atomic E-state index is 0.0372. The molecular formula is C14H25NO2S. The molecule has 0 heterocycles. The molecule has 1 N–H and O–H groups in total. The fourth-order valence-electron chi connectivity index (χ4n) is 2.78. The summed E-state index contributed by atoms with van der Waals surface area (Å²) in [5, 5.41) is 4.18. The van der Waals surface area contributed by atoms with Gasteiger partial charge in [-0.3, -0.25) is 4.79 Å². The number of hydrogen-bond donors (Lipinski definition) is 1. The maximum atomic E-state index is 11.4. The Morgan fingerprint density at radius 1 is 1.44 bits per heavy atom. The van der Waals surface area contributed by atoms with Gasteiger partial charge in [0.2, 0.25) is 0 Å². The molecule has 0 bridgehead atoms. The predicted octanol–water partition coefficient (Wildman–Crippen LogP) is 2.59. The van der Waals surface area contributed by atoms with Crippen LogP contribution in [0.3, 0.4) is 0 Å². The Balaban J connectivity index is 1.72. The fraction of sp³-hybridized carbons (Fsp3) is 0.929. The Labute approximate surface area is 114 Å². The van der Waals surface area contributed by atoms with Gasteiger partial charge in [0.05, 0.1) is 13.5 Å². The number of ether oxygens (including phenoxy) is 1. The van der Waals surface area contributed by atoms with Crippen LogP contribution in [-0.4, -0.2) is 37.2 Å². The molecule has 104 valence electrons. The molecule has 2 unspecified atom stereocenters. The molecule has 18 heavy (non-hydrogen) atoms. The van der Waals surface area contributed by atoms with Crippen molar-refractivity contribution in [3.8, 4) is 0 Å². The Kier molecular flexibility index (Phi) is 4.96. The first kappa shape index (κ1) is 14.2. The average Bonchev–Trinajstić information content (AvgIpc) is 3.17. The van der Waals surface area contributed by atoms with Gasteiger partial charge in [0.1, 0.15) is 0 Å². The number of hydrogen-bond acceptors (Lipinski definition) is 4. The molecule has 0 radical (unpaired) electrons. The molecule has 0 amide bonds. The molecule has 2 rings (SSSR count). The van der Waals surface area contributed by atoms with Crippen LogP contribution in [0.4, 0.5) is 0 Å². The molecule has 3 nitrogen and oxygen atoms in total. The second-order valence-electron chi connectivity index (χ2n) is 5.84. The lowest BCUT2D eigenvalue weighted by Crippen LogP contribution is -2.32. The van der Waals surface area contributed by atoms with Crippen LogP contribution in [-0.2, 0) is 9.53 Å². The van der Waals surface area contributed by atoms with E-state index in [2.05, 4.69) is 24.1 Å². The van der Waals surface area contributed by atoms with Gasteiger partial charge in [-0.25, -0.2) is 0 Å². The van der Waals surface area contributed by atoms with E-state index in [1.807, 2.05) is 0 Å². The van der Waals surface area contributed by atoms with Crippen LogP contribution in [0.25, 0.3) is 0 Å². The smallest absolute Gasteiger partial charge is 0.306 e. The van der Waals surface area contributed by atoms with Crippen LogP contribution in [0.5, 0.6) is 0 Å². The van der Waals surface area contributed by atoms with Crippen LogP contribution >= 0.6 is 11.8 Å². The van der Waals surface area contributed by atoms with Gasteiger partial charge in [-0.05, 0) is 50.3 Å². The van der Waals surface area contributed by atoms with Crippen molar-refractivity contribution in [1.29, 1.82) is 0 Å². The van der Waals surface area contributed by atoms with Crippen molar-refractivity contribution in [3.63, 3.8) is 0 Å². The third kappa shape index (κ3) is 3.89. The highest BCUT2D eigenvalue weighted by molar-refractivity contribution is 7.99. The summed E-state index contributed by atoms with van der Waals surface area (Å²) in [4.78, 5) is 11.4. The van der Waals surface area contributed by atoms with E-state index in [-0.39, 0.29) is 11.4 Å². The van der Waals surface area contributed by atoms with E-state index in [9.17, 15) is 4.79 Å². The average molecular weight is 271 g/mol. The van der Waals surface area contributed by atoms with Crippen molar-refractivity contribution in [3.05, 3.63) is 0 Å². The van der Waals surface area contributed by atoms with Crippen LogP contribution in [0.15, 0.2) is 0 Å². The van der Waals surface area contributed by atoms with E-state index in [0.717, 1.165) is 11.0 Å². The summed E-state index contributed by atoms with van der Waals surface area (Å²) < 4.78 is 4.79. The van der Waals surface area contributed by atoms with Crippen molar-refractivity contribution in [2.45, 2.75) is 56.2 Å². The van der Waals surface area contributed by atoms with Gasteiger partial charge in [0, 0.05) is 11.3 Å². The molecule has 0 aliphatic heterocycles. The van der Waals surface area contributed by atoms with E-state index in [1.54, 1.807) is 0 Å². The summed E-state index contributed by atoms with van der Waals surface area (Å²) in [6.45, 7) is 0. The Hall–Kier alpha value is -0.220. The molecular weight excluding hydrogens is 246 g/mol. The lowest BCUT2D eigenvalue weighted by atomic mass is 9.95. The van der Waals surface area contributed by atoms with Crippen LogP contribution in [0.2, 0.25) is 0 Å². The van der Waals surface area contributed by atoms with Gasteiger partial charge >= 0.3 is 5.97 Å². The topological polar surface area (TPSA) is 38.3 Å². The lowest BCUT2D eigenvalue weighted by molar-refractivity contribution is -0.141. The van der Waals surface area contributed by atoms with Crippen LogP contribution < -0.4 is 5.32 Å². The van der Waals surface area contributed by atoms with Crippen molar-refractivity contribution in [1.82, 2.24) is 5.32 Å². The van der Waals surface area contributed by atoms with Gasteiger partial charge in [-0.15, -0.1) is 0 Å². The molecule has 0 saturated heterocycles. The Bertz CT molecular complexity index is 292. The molecule has 2 saturated carbocycles. The predicted molar refractivity (Wildman–Crippen MR) is 75.9 cm³/mol. The van der Waals surface area contributed by atoms with E-state index in [4.69, 9.17) is 4.74 Å². The van der Waals surface area contributed by atoms with E-state index >= 15 is 0 Å². The van der Waals surface area contributed by atoms with Gasteiger partial charge in [0.25, 0.3) is 0 Å². The highest BCUT2D eigenvalue weighted by Crippen LogP contribution is 2.52. The second-order valence-corrected chi connectivity index (χ2v) is 7.13. The van der Waals surface area contributed by atoms with Crippen molar-refractivity contribution >= 4 is 17.7 Å². The zero-order valence-corrected chi connectivity index (χ0v) is 12.4. The Morgan fingerprint density at radius 2 is 2.22 bits per heavy atom. The first-order chi connectivity index (χ1) is 8.67. The first-order valence-corrected chi connectivity index (χ1v) is 8.08. The maximum Gasteiger partial charge on any atom is 0.306 e.